The highest BCUT2D eigenvalue weighted by Gasteiger charge is 2.34. The molecule has 0 fully saturated rings. The van der Waals surface area contributed by atoms with E-state index in [9.17, 15) is 9.59 Å². The Morgan fingerprint density at radius 3 is 2.07 bits per heavy atom. The van der Waals surface area contributed by atoms with Crippen molar-refractivity contribution >= 4 is 40.5 Å². The fourth-order valence-electron chi connectivity index (χ4n) is 5.21. The van der Waals surface area contributed by atoms with Crippen molar-refractivity contribution in [3.63, 3.8) is 0 Å². The maximum atomic E-state index is 13.6. The molecule has 5 aromatic carbocycles. The van der Waals surface area contributed by atoms with Gasteiger partial charge in [-0.1, -0.05) is 103 Å². The molecule has 0 spiro atoms. The first-order chi connectivity index (χ1) is 21.6. The SMILES string of the molecule is COc1ccc([C@H]2CC(c3ccc4ccccc4c3OC(=O)/C=C/c3ccccc3)=NN2C(=O)/C=C/c2ccccc2)cc1. The van der Waals surface area contributed by atoms with Crippen LogP contribution in [0.4, 0.5) is 0 Å². The molecule has 0 bridgehead atoms. The van der Waals surface area contributed by atoms with Crippen molar-refractivity contribution in [1.29, 1.82) is 0 Å². The molecular formula is C38H30N2O4. The van der Waals surface area contributed by atoms with Gasteiger partial charge in [0.1, 0.15) is 11.5 Å². The number of carbonyl (C=O) groups is 2. The molecule has 0 radical (unpaired) electrons. The number of carbonyl (C=O) groups excluding carboxylic acids is 2. The Balaban J connectivity index is 1.37. The summed E-state index contributed by atoms with van der Waals surface area (Å²) >= 11 is 0. The Labute approximate surface area is 256 Å². The van der Waals surface area contributed by atoms with E-state index in [4.69, 9.17) is 14.6 Å². The van der Waals surface area contributed by atoms with Crippen molar-refractivity contribution < 1.29 is 19.1 Å². The number of fused-ring (bicyclic) bond motifs is 1. The van der Waals surface area contributed by atoms with E-state index in [1.165, 1.54) is 17.2 Å². The maximum absolute atomic E-state index is 13.6. The van der Waals surface area contributed by atoms with E-state index in [1.807, 2.05) is 121 Å². The zero-order valence-electron chi connectivity index (χ0n) is 24.2. The van der Waals surface area contributed by atoms with Crippen molar-refractivity contribution in [1.82, 2.24) is 5.01 Å². The van der Waals surface area contributed by atoms with Crippen LogP contribution in [0.3, 0.4) is 0 Å². The maximum Gasteiger partial charge on any atom is 0.336 e. The minimum atomic E-state index is -0.504. The molecule has 1 amide bonds. The topological polar surface area (TPSA) is 68.2 Å². The van der Waals surface area contributed by atoms with Gasteiger partial charge in [0, 0.05) is 29.5 Å². The lowest BCUT2D eigenvalue weighted by atomic mass is 9.96. The molecule has 0 aromatic heterocycles. The molecule has 6 nitrogen and oxygen atoms in total. The highest BCUT2D eigenvalue weighted by Crippen LogP contribution is 2.38. The third-order valence-electron chi connectivity index (χ3n) is 7.46. The van der Waals surface area contributed by atoms with Crippen LogP contribution in [0.2, 0.25) is 0 Å². The van der Waals surface area contributed by atoms with Crippen LogP contribution in [0.5, 0.6) is 11.5 Å². The average molecular weight is 579 g/mol. The van der Waals surface area contributed by atoms with Gasteiger partial charge in [-0.3, -0.25) is 4.79 Å². The second-order valence-electron chi connectivity index (χ2n) is 10.3. The molecular weight excluding hydrogens is 548 g/mol. The molecule has 5 aromatic rings. The zero-order valence-corrected chi connectivity index (χ0v) is 24.2. The highest BCUT2D eigenvalue weighted by atomic mass is 16.5. The van der Waals surface area contributed by atoms with Gasteiger partial charge in [-0.15, -0.1) is 0 Å². The molecule has 6 heteroatoms. The number of nitrogens with zero attached hydrogens (tertiary/aromatic N) is 2. The molecule has 6 rings (SSSR count). The quantitative estimate of drug-likeness (QED) is 0.107. The number of rotatable bonds is 8. The number of hydrogen-bond acceptors (Lipinski definition) is 5. The van der Waals surface area contributed by atoms with Gasteiger partial charge in [0.25, 0.3) is 5.91 Å². The van der Waals surface area contributed by atoms with Crippen LogP contribution >= 0.6 is 0 Å². The van der Waals surface area contributed by atoms with E-state index in [0.29, 0.717) is 23.4 Å². The van der Waals surface area contributed by atoms with Crippen LogP contribution in [-0.4, -0.2) is 29.7 Å². The Hall–Kier alpha value is -5.75. The molecule has 44 heavy (non-hydrogen) atoms. The number of hydrogen-bond donors (Lipinski definition) is 0. The molecule has 216 valence electrons. The Morgan fingerprint density at radius 2 is 1.39 bits per heavy atom. The third-order valence-corrected chi connectivity index (χ3v) is 7.46. The molecule has 0 aliphatic carbocycles. The van der Waals surface area contributed by atoms with Gasteiger partial charge in [-0.2, -0.15) is 5.10 Å². The summed E-state index contributed by atoms with van der Waals surface area (Å²) in [6, 6.07) is 38.1. The van der Waals surface area contributed by atoms with Gasteiger partial charge in [0.2, 0.25) is 0 Å². The molecule has 1 aliphatic rings. The first-order valence-electron chi connectivity index (χ1n) is 14.3. The lowest BCUT2D eigenvalue weighted by Gasteiger charge is -2.21. The number of hydrazone groups is 1. The minimum Gasteiger partial charge on any atom is -0.497 e. The fraction of sp³-hybridized carbons (Fsp3) is 0.0789. The van der Waals surface area contributed by atoms with E-state index in [0.717, 1.165) is 33.2 Å². The predicted molar refractivity (Wildman–Crippen MR) is 174 cm³/mol. The van der Waals surface area contributed by atoms with Crippen LogP contribution in [0, 0.1) is 0 Å². The summed E-state index contributed by atoms with van der Waals surface area (Å²) in [7, 11) is 1.62. The number of amides is 1. The summed E-state index contributed by atoms with van der Waals surface area (Å²) in [4.78, 5) is 26.7. The van der Waals surface area contributed by atoms with E-state index in [1.54, 1.807) is 19.3 Å². The van der Waals surface area contributed by atoms with Crippen molar-refractivity contribution in [2.75, 3.05) is 7.11 Å². The number of methoxy groups -OCH3 is 1. The van der Waals surface area contributed by atoms with Crippen LogP contribution in [0.25, 0.3) is 22.9 Å². The van der Waals surface area contributed by atoms with E-state index < -0.39 is 5.97 Å². The first-order valence-corrected chi connectivity index (χ1v) is 14.3. The number of benzene rings is 5. The lowest BCUT2D eigenvalue weighted by Crippen LogP contribution is -2.25. The van der Waals surface area contributed by atoms with E-state index >= 15 is 0 Å². The third kappa shape index (κ3) is 6.35. The summed E-state index contributed by atoms with van der Waals surface area (Å²) < 4.78 is 11.4. The van der Waals surface area contributed by atoms with E-state index in [-0.39, 0.29) is 11.9 Å². The van der Waals surface area contributed by atoms with Crippen molar-refractivity contribution in [2.24, 2.45) is 5.10 Å². The van der Waals surface area contributed by atoms with Crippen LogP contribution in [0.1, 0.15) is 34.7 Å². The predicted octanol–water partition coefficient (Wildman–Crippen LogP) is 7.86. The Bertz CT molecular complexity index is 1880. The van der Waals surface area contributed by atoms with Gasteiger partial charge >= 0.3 is 5.97 Å². The van der Waals surface area contributed by atoms with Gasteiger partial charge < -0.3 is 9.47 Å². The Kier molecular flexibility index (Phi) is 8.41. The first kappa shape index (κ1) is 28.4. The second-order valence-corrected chi connectivity index (χ2v) is 10.3. The molecule has 1 heterocycles. The molecule has 1 atom stereocenters. The number of esters is 1. The summed E-state index contributed by atoms with van der Waals surface area (Å²) in [6.07, 6.45) is 6.89. The molecule has 0 saturated carbocycles. The monoisotopic (exact) mass is 578 g/mol. The molecule has 0 unspecified atom stereocenters. The zero-order chi connectivity index (χ0) is 30.3. The standard InChI is InChI=1S/C38H30N2O4/c1-43-31-21-18-30(19-22-31)35-26-34(39-40(35)36(41)24-16-27-10-4-2-5-11-27)33-23-20-29-14-8-9-15-32(29)38(33)44-37(42)25-17-28-12-6-3-7-13-28/h2-25,35H,26H2,1H3/b24-16+,25-17+/t35-/m1/s1. The van der Waals surface area contributed by atoms with Gasteiger partial charge in [-0.25, -0.2) is 9.80 Å². The van der Waals surface area contributed by atoms with Gasteiger partial charge in [0.15, 0.2) is 0 Å². The van der Waals surface area contributed by atoms with Crippen molar-refractivity contribution in [2.45, 2.75) is 12.5 Å². The fourth-order valence-corrected chi connectivity index (χ4v) is 5.21. The summed E-state index contributed by atoms with van der Waals surface area (Å²) in [5.41, 5.74) is 4.02. The van der Waals surface area contributed by atoms with Crippen molar-refractivity contribution in [3.8, 4) is 11.5 Å². The van der Waals surface area contributed by atoms with Crippen LogP contribution in [-0.2, 0) is 9.59 Å². The highest BCUT2D eigenvalue weighted by molar-refractivity contribution is 6.11. The smallest absolute Gasteiger partial charge is 0.336 e. The van der Waals surface area contributed by atoms with Crippen LogP contribution < -0.4 is 9.47 Å². The van der Waals surface area contributed by atoms with Gasteiger partial charge in [0.05, 0.1) is 18.9 Å². The molecule has 0 N–H and O–H groups in total. The summed E-state index contributed by atoms with van der Waals surface area (Å²) in [5.74, 6) is 0.375. The van der Waals surface area contributed by atoms with Gasteiger partial charge in [-0.05, 0) is 52.4 Å². The average Bonchev–Trinajstić information content (AvgIpc) is 3.53. The normalized spacial score (nSPS) is 14.7. The molecule has 1 aliphatic heterocycles. The summed E-state index contributed by atoms with van der Waals surface area (Å²) in [5, 5.41) is 8.06. The minimum absolute atomic E-state index is 0.255. The largest absolute Gasteiger partial charge is 0.497 e. The van der Waals surface area contributed by atoms with Crippen molar-refractivity contribution in [3.05, 3.63) is 156 Å². The second kappa shape index (κ2) is 13.0. The molecule has 0 saturated heterocycles. The lowest BCUT2D eigenvalue weighted by molar-refractivity contribution is -0.129. The van der Waals surface area contributed by atoms with E-state index in [2.05, 4.69) is 0 Å². The van der Waals surface area contributed by atoms with Crippen LogP contribution in [0.15, 0.2) is 139 Å². The Morgan fingerprint density at radius 1 is 0.750 bits per heavy atom. The number of ether oxygens (including phenoxy) is 2. The summed E-state index contributed by atoms with van der Waals surface area (Å²) in [6.45, 7) is 0.